The first-order valence-corrected chi connectivity index (χ1v) is 7.52. The second kappa shape index (κ2) is 6.81. The second-order valence-electron chi connectivity index (χ2n) is 4.59. The van der Waals surface area contributed by atoms with Crippen LogP contribution >= 0.6 is 23.2 Å². The Hall–Kier alpha value is -2.04. The largest absolute Gasteiger partial charge is 0.489 e. The van der Waals surface area contributed by atoms with E-state index in [0.29, 0.717) is 23.3 Å². The van der Waals surface area contributed by atoms with Gasteiger partial charge in [-0.15, -0.1) is 11.6 Å². The third-order valence-corrected chi connectivity index (χ3v) is 3.47. The molecule has 6 heteroatoms. The summed E-state index contributed by atoms with van der Waals surface area (Å²) in [5.41, 5.74) is 1.85. The molecule has 22 heavy (non-hydrogen) atoms. The maximum absolute atomic E-state index is 5.86. The van der Waals surface area contributed by atoms with Crippen LogP contribution in [0.1, 0.15) is 11.5 Å². The number of hydrogen-bond acceptors (Lipinski definition) is 4. The van der Waals surface area contributed by atoms with E-state index in [4.69, 9.17) is 32.5 Å². The summed E-state index contributed by atoms with van der Waals surface area (Å²) in [7, 11) is 0. The molecule has 0 aliphatic carbocycles. The van der Waals surface area contributed by atoms with Crippen molar-refractivity contribution in [3.8, 4) is 17.1 Å². The summed E-state index contributed by atoms with van der Waals surface area (Å²) in [5, 5.41) is 4.59. The monoisotopic (exact) mass is 334 g/mol. The molecule has 0 aliphatic heterocycles. The van der Waals surface area contributed by atoms with Crippen LogP contribution in [0.4, 0.5) is 0 Å². The zero-order valence-corrected chi connectivity index (χ0v) is 13.0. The van der Waals surface area contributed by atoms with E-state index in [1.165, 1.54) is 0 Å². The van der Waals surface area contributed by atoms with Crippen molar-refractivity contribution in [3.63, 3.8) is 0 Å². The quantitative estimate of drug-likeness (QED) is 0.634. The maximum atomic E-state index is 5.86. The lowest BCUT2D eigenvalue weighted by Crippen LogP contribution is -1.95. The fourth-order valence-corrected chi connectivity index (χ4v) is 2.13. The SMILES string of the molecule is ClCc1nc(-c2cccc(OCc3ccc(Cl)cc3)c2)no1. The zero-order chi connectivity index (χ0) is 15.4. The molecule has 1 aromatic heterocycles. The molecule has 0 saturated heterocycles. The molecule has 0 bridgehead atoms. The Labute approximate surface area is 137 Å². The van der Waals surface area contributed by atoms with E-state index in [9.17, 15) is 0 Å². The van der Waals surface area contributed by atoms with Gasteiger partial charge in [0.25, 0.3) is 0 Å². The molecule has 0 aliphatic rings. The zero-order valence-electron chi connectivity index (χ0n) is 11.5. The van der Waals surface area contributed by atoms with Crippen LogP contribution < -0.4 is 4.74 Å². The van der Waals surface area contributed by atoms with Gasteiger partial charge in [-0.2, -0.15) is 4.98 Å². The van der Waals surface area contributed by atoms with E-state index >= 15 is 0 Å². The Balaban J connectivity index is 1.72. The molecular weight excluding hydrogens is 323 g/mol. The van der Waals surface area contributed by atoms with Gasteiger partial charge in [-0.25, -0.2) is 0 Å². The van der Waals surface area contributed by atoms with Crippen molar-refractivity contribution in [2.24, 2.45) is 0 Å². The molecule has 0 amide bonds. The molecule has 112 valence electrons. The smallest absolute Gasteiger partial charge is 0.241 e. The Morgan fingerprint density at radius 1 is 1.09 bits per heavy atom. The van der Waals surface area contributed by atoms with Gasteiger partial charge >= 0.3 is 0 Å². The van der Waals surface area contributed by atoms with Crippen LogP contribution in [0.5, 0.6) is 5.75 Å². The second-order valence-corrected chi connectivity index (χ2v) is 5.29. The first-order chi connectivity index (χ1) is 10.7. The van der Waals surface area contributed by atoms with Crippen molar-refractivity contribution in [1.29, 1.82) is 0 Å². The first kappa shape index (κ1) is 14.9. The van der Waals surface area contributed by atoms with Gasteiger partial charge in [-0.3, -0.25) is 0 Å². The minimum atomic E-state index is 0.194. The fraction of sp³-hybridized carbons (Fsp3) is 0.125. The van der Waals surface area contributed by atoms with Crippen LogP contribution in [0.25, 0.3) is 11.4 Å². The summed E-state index contributed by atoms with van der Waals surface area (Å²) in [4.78, 5) is 4.19. The topological polar surface area (TPSA) is 48.2 Å². The molecule has 1 heterocycles. The van der Waals surface area contributed by atoms with Crippen LogP contribution in [0.3, 0.4) is 0 Å². The molecule has 0 fully saturated rings. The highest BCUT2D eigenvalue weighted by Crippen LogP contribution is 2.22. The third-order valence-electron chi connectivity index (χ3n) is 2.99. The van der Waals surface area contributed by atoms with Crippen LogP contribution in [0, 0.1) is 0 Å². The predicted octanol–water partition coefficient (Wildman–Crippen LogP) is 4.71. The summed E-state index contributed by atoms with van der Waals surface area (Å²) < 4.78 is 10.8. The molecule has 4 nitrogen and oxygen atoms in total. The van der Waals surface area contributed by atoms with Gasteiger partial charge in [0.2, 0.25) is 11.7 Å². The van der Waals surface area contributed by atoms with Gasteiger partial charge in [0.05, 0.1) is 0 Å². The Morgan fingerprint density at radius 3 is 2.64 bits per heavy atom. The van der Waals surface area contributed by atoms with Gasteiger partial charge in [0.15, 0.2) is 0 Å². The summed E-state index contributed by atoms with van der Waals surface area (Å²) in [6.45, 7) is 0.458. The number of alkyl halides is 1. The number of nitrogens with zero attached hydrogens (tertiary/aromatic N) is 2. The fourth-order valence-electron chi connectivity index (χ4n) is 1.90. The van der Waals surface area contributed by atoms with Gasteiger partial charge in [0, 0.05) is 10.6 Å². The van der Waals surface area contributed by atoms with Gasteiger partial charge in [0.1, 0.15) is 18.2 Å². The highest BCUT2D eigenvalue weighted by molar-refractivity contribution is 6.30. The summed E-state index contributed by atoms with van der Waals surface area (Å²) >= 11 is 11.5. The summed E-state index contributed by atoms with van der Waals surface area (Å²) in [6, 6.07) is 15.0. The number of benzene rings is 2. The van der Waals surface area contributed by atoms with Crippen LogP contribution in [-0.4, -0.2) is 10.1 Å². The minimum Gasteiger partial charge on any atom is -0.489 e. The minimum absolute atomic E-state index is 0.194. The standard InChI is InChI=1S/C16H12Cl2N2O2/c17-9-15-19-16(20-22-15)12-2-1-3-14(8-12)21-10-11-4-6-13(18)7-5-11/h1-8H,9-10H2. The molecule has 0 radical (unpaired) electrons. The van der Waals surface area contributed by atoms with Crippen LogP contribution in [-0.2, 0) is 12.5 Å². The highest BCUT2D eigenvalue weighted by atomic mass is 35.5. The van der Waals surface area contributed by atoms with E-state index < -0.39 is 0 Å². The molecule has 3 rings (SSSR count). The molecule has 0 unspecified atom stereocenters. The van der Waals surface area contributed by atoms with Crippen molar-refractivity contribution in [3.05, 3.63) is 65.0 Å². The number of rotatable bonds is 5. The lowest BCUT2D eigenvalue weighted by atomic mass is 10.2. The number of aromatic nitrogens is 2. The molecular formula is C16H12Cl2N2O2. The number of halogens is 2. The van der Waals surface area contributed by atoms with Crippen molar-refractivity contribution in [2.45, 2.75) is 12.5 Å². The van der Waals surface area contributed by atoms with E-state index in [-0.39, 0.29) is 5.88 Å². The van der Waals surface area contributed by atoms with Gasteiger partial charge < -0.3 is 9.26 Å². The molecule has 0 spiro atoms. The van der Waals surface area contributed by atoms with E-state index in [1.54, 1.807) is 0 Å². The number of hydrogen-bond donors (Lipinski definition) is 0. The van der Waals surface area contributed by atoms with Crippen LogP contribution in [0.2, 0.25) is 5.02 Å². The lowest BCUT2D eigenvalue weighted by Gasteiger charge is -2.07. The van der Waals surface area contributed by atoms with Crippen molar-refractivity contribution in [2.75, 3.05) is 0 Å². The molecule has 0 N–H and O–H groups in total. The number of ether oxygens (including phenoxy) is 1. The van der Waals surface area contributed by atoms with Crippen LogP contribution in [0.15, 0.2) is 53.1 Å². The molecule has 0 saturated carbocycles. The summed E-state index contributed by atoms with van der Waals surface area (Å²) in [5.74, 6) is 1.81. The average molecular weight is 335 g/mol. The van der Waals surface area contributed by atoms with E-state index in [1.807, 2.05) is 48.5 Å². The normalized spacial score (nSPS) is 10.6. The maximum Gasteiger partial charge on any atom is 0.241 e. The Bertz CT molecular complexity index is 757. The van der Waals surface area contributed by atoms with E-state index in [2.05, 4.69) is 10.1 Å². The average Bonchev–Trinajstić information content (AvgIpc) is 3.04. The van der Waals surface area contributed by atoms with Crippen molar-refractivity contribution in [1.82, 2.24) is 10.1 Å². The van der Waals surface area contributed by atoms with Gasteiger partial charge in [-0.05, 0) is 29.8 Å². The Morgan fingerprint density at radius 2 is 1.91 bits per heavy atom. The Kier molecular flexibility index (Phi) is 4.61. The lowest BCUT2D eigenvalue weighted by molar-refractivity contribution is 0.306. The predicted molar refractivity (Wildman–Crippen MR) is 85.1 cm³/mol. The van der Waals surface area contributed by atoms with Crippen molar-refractivity contribution >= 4 is 23.2 Å². The first-order valence-electron chi connectivity index (χ1n) is 6.61. The van der Waals surface area contributed by atoms with Gasteiger partial charge in [-0.1, -0.05) is 41.0 Å². The third kappa shape index (κ3) is 3.59. The van der Waals surface area contributed by atoms with E-state index in [0.717, 1.165) is 16.9 Å². The molecule has 3 aromatic rings. The molecule has 2 aromatic carbocycles. The summed E-state index contributed by atoms with van der Waals surface area (Å²) in [6.07, 6.45) is 0. The molecule has 0 atom stereocenters. The highest BCUT2D eigenvalue weighted by Gasteiger charge is 2.08. The van der Waals surface area contributed by atoms with Crippen molar-refractivity contribution < 1.29 is 9.26 Å².